The fourth-order valence-corrected chi connectivity index (χ4v) is 2.99. The van der Waals surface area contributed by atoms with Crippen molar-refractivity contribution >= 4 is 6.03 Å². The lowest BCUT2D eigenvalue weighted by Crippen LogP contribution is -2.29. The maximum Gasteiger partial charge on any atom is 0.344 e. The quantitative estimate of drug-likeness (QED) is 0.546. The van der Waals surface area contributed by atoms with E-state index in [1.54, 1.807) is 43.8 Å². The van der Waals surface area contributed by atoms with Crippen molar-refractivity contribution in [3.63, 3.8) is 0 Å². The summed E-state index contributed by atoms with van der Waals surface area (Å²) in [5.74, 6) is 0.388. The Hall–Kier alpha value is -4.07. The molecule has 0 saturated carbocycles. The third-order valence-corrected chi connectivity index (χ3v) is 4.54. The molecule has 1 amide bonds. The summed E-state index contributed by atoms with van der Waals surface area (Å²) < 4.78 is 19.7. The first-order chi connectivity index (χ1) is 14.7. The first-order valence-electron chi connectivity index (χ1n) is 9.19. The van der Waals surface area contributed by atoms with Gasteiger partial charge in [-0.05, 0) is 54.1 Å². The highest BCUT2D eigenvalue weighted by Crippen LogP contribution is 2.30. The van der Waals surface area contributed by atoms with Crippen LogP contribution in [0.1, 0.15) is 5.56 Å². The van der Waals surface area contributed by atoms with E-state index in [4.69, 9.17) is 4.74 Å². The average molecular weight is 403 g/mol. The highest BCUT2D eigenvalue weighted by Gasteiger charge is 2.21. The van der Waals surface area contributed by atoms with Crippen LogP contribution in [0.3, 0.4) is 0 Å². The van der Waals surface area contributed by atoms with Crippen LogP contribution in [-0.2, 0) is 6.54 Å². The van der Waals surface area contributed by atoms with E-state index in [0.29, 0.717) is 29.1 Å². The van der Waals surface area contributed by atoms with Crippen LogP contribution in [0.15, 0.2) is 73.1 Å². The number of halogens is 1. The molecule has 0 unspecified atom stereocenters. The van der Waals surface area contributed by atoms with Gasteiger partial charge in [-0.1, -0.05) is 17.3 Å². The van der Waals surface area contributed by atoms with Gasteiger partial charge in [0.1, 0.15) is 23.0 Å². The Balaban J connectivity index is 1.65. The van der Waals surface area contributed by atoms with Gasteiger partial charge < -0.3 is 10.1 Å². The molecule has 150 valence electrons. The van der Waals surface area contributed by atoms with Gasteiger partial charge in [-0.15, -0.1) is 5.10 Å². The minimum atomic E-state index is -0.432. The van der Waals surface area contributed by atoms with Crippen molar-refractivity contribution in [2.24, 2.45) is 0 Å². The van der Waals surface area contributed by atoms with Crippen molar-refractivity contribution in [2.45, 2.75) is 6.54 Å². The Morgan fingerprint density at radius 3 is 2.37 bits per heavy atom. The van der Waals surface area contributed by atoms with E-state index >= 15 is 0 Å². The van der Waals surface area contributed by atoms with Crippen LogP contribution in [0.2, 0.25) is 0 Å². The lowest BCUT2D eigenvalue weighted by atomic mass is 10.1. The zero-order valence-corrected chi connectivity index (χ0v) is 16.1. The van der Waals surface area contributed by atoms with Crippen LogP contribution in [-0.4, -0.2) is 33.1 Å². The molecule has 1 N–H and O–H groups in total. The Kier molecular flexibility index (Phi) is 5.47. The number of pyridine rings is 1. The second-order valence-electron chi connectivity index (χ2n) is 6.45. The molecule has 30 heavy (non-hydrogen) atoms. The van der Waals surface area contributed by atoms with Crippen molar-refractivity contribution in [1.82, 2.24) is 25.3 Å². The molecule has 0 radical (unpaired) electrons. The van der Waals surface area contributed by atoms with Gasteiger partial charge in [-0.25, -0.2) is 9.18 Å². The highest BCUT2D eigenvalue weighted by atomic mass is 19.1. The number of nitrogens with one attached hydrogen (secondary N) is 1. The van der Waals surface area contributed by atoms with Crippen molar-refractivity contribution in [2.75, 3.05) is 7.11 Å². The Morgan fingerprint density at radius 2 is 1.70 bits per heavy atom. The molecule has 2 aromatic carbocycles. The molecule has 0 saturated heterocycles. The molecular weight excluding hydrogens is 385 g/mol. The largest absolute Gasteiger partial charge is 0.497 e. The average Bonchev–Trinajstić information content (AvgIpc) is 3.24. The van der Waals surface area contributed by atoms with Gasteiger partial charge in [-0.3, -0.25) is 4.98 Å². The number of hydrogen-bond acceptors (Lipinski definition) is 5. The van der Waals surface area contributed by atoms with Crippen molar-refractivity contribution in [1.29, 1.82) is 0 Å². The van der Waals surface area contributed by atoms with Gasteiger partial charge in [0.15, 0.2) is 0 Å². The normalized spacial score (nSPS) is 10.6. The minimum Gasteiger partial charge on any atom is -0.497 e. The number of ether oxygens (including phenoxy) is 1. The number of nitrogens with zero attached hydrogens (tertiary/aromatic N) is 4. The predicted molar refractivity (Wildman–Crippen MR) is 109 cm³/mol. The molecule has 0 aliphatic carbocycles. The van der Waals surface area contributed by atoms with Gasteiger partial charge in [0.2, 0.25) is 0 Å². The molecule has 4 aromatic rings. The zero-order chi connectivity index (χ0) is 20.9. The number of carbonyl (C=O) groups is 1. The molecule has 0 atom stereocenters. The highest BCUT2D eigenvalue weighted by molar-refractivity contribution is 5.87. The van der Waals surface area contributed by atoms with Crippen molar-refractivity contribution in [3.8, 4) is 28.3 Å². The van der Waals surface area contributed by atoms with Gasteiger partial charge in [-0.2, -0.15) is 4.68 Å². The fraction of sp³-hybridized carbons (Fsp3) is 0.0909. The van der Waals surface area contributed by atoms with Gasteiger partial charge >= 0.3 is 6.03 Å². The number of aromatic nitrogens is 4. The Morgan fingerprint density at radius 1 is 1.00 bits per heavy atom. The monoisotopic (exact) mass is 403 g/mol. The summed E-state index contributed by atoms with van der Waals surface area (Å²) in [6.45, 7) is 0.310. The molecule has 0 bridgehead atoms. The summed E-state index contributed by atoms with van der Waals surface area (Å²) in [6, 6.07) is 16.4. The smallest absolute Gasteiger partial charge is 0.344 e. The fourth-order valence-electron chi connectivity index (χ4n) is 2.99. The minimum absolute atomic E-state index is 0.310. The molecule has 7 nitrogen and oxygen atoms in total. The molecule has 0 fully saturated rings. The molecule has 4 rings (SSSR count). The molecule has 2 heterocycles. The number of benzene rings is 2. The van der Waals surface area contributed by atoms with E-state index in [-0.39, 0.29) is 5.82 Å². The predicted octanol–water partition coefficient (Wildman–Crippen LogP) is 3.91. The Bertz CT molecular complexity index is 1140. The van der Waals surface area contributed by atoms with Crippen LogP contribution >= 0.6 is 0 Å². The molecule has 0 aliphatic rings. The van der Waals surface area contributed by atoms with Crippen LogP contribution in [0.25, 0.3) is 22.5 Å². The number of rotatable bonds is 5. The van der Waals surface area contributed by atoms with E-state index in [9.17, 15) is 9.18 Å². The number of carbonyl (C=O) groups excluding carboxylic acids is 1. The third-order valence-electron chi connectivity index (χ3n) is 4.54. The van der Waals surface area contributed by atoms with E-state index < -0.39 is 6.03 Å². The van der Waals surface area contributed by atoms with Crippen LogP contribution < -0.4 is 10.1 Å². The van der Waals surface area contributed by atoms with Crippen LogP contribution in [0, 0.1) is 5.82 Å². The van der Waals surface area contributed by atoms with Crippen molar-refractivity contribution < 1.29 is 13.9 Å². The first kappa shape index (κ1) is 19.3. The number of methoxy groups -OCH3 is 1. The van der Waals surface area contributed by atoms with Gasteiger partial charge in [0.25, 0.3) is 0 Å². The van der Waals surface area contributed by atoms with Gasteiger partial charge in [0, 0.05) is 30.1 Å². The molecule has 0 aliphatic heterocycles. The lowest BCUT2D eigenvalue weighted by molar-refractivity contribution is 0.239. The van der Waals surface area contributed by atoms with Gasteiger partial charge in [0.05, 0.1) is 7.11 Å². The molecule has 0 spiro atoms. The second-order valence-corrected chi connectivity index (χ2v) is 6.45. The van der Waals surface area contributed by atoms with E-state index in [2.05, 4.69) is 20.6 Å². The maximum atomic E-state index is 13.3. The summed E-state index contributed by atoms with van der Waals surface area (Å²) in [7, 11) is 1.60. The summed E-state index contributed by atoms with van der Waals surface area (Å²) in [4.78, 5) is 16.9. The summed E-state index contributed by atoms with van der Waals surface area (Å²) in [6.07, 6.45) is 3.24. The Labute approximate surface area is 172 Å². The molecular formula is C22H18FN5O2. The SMILES string of the molecule is COc1ccc(CNC(=O)n2nnc(-c3ccc(F)cc3)c2-c2ccncc2)cc1. The first-order valence-corrected chi connectivity index (χ1v) is 9.19. The zero-order valence-electron chi connectivity index (χ0n) is 16.1. The molecule has 8 heteroatoms. The van der Waals surface area contributed by atoms with E-state index in [1.165, 1.54) is 16.8 Å². The van der Waals surface area contributed by atoms with E-state index in [0.717, 1.165) is 11.3 Å². The second kappa shape index (κ2) is 8.52. The summed E-state index contributed by atoms with van der Waals surface area (Å²) in [5, 5.41) is 11.1. The topological polar surface area (TPSA) is 81.9 Å². The summed E-state index contributed by atoms with van der Waals surface area (Å²) in [5.41, 5.74) is 3.25. The van der Waals surface area contributed by atoms with Crippen LogP contribution in [0.4, 0.5) is 9.18 Å². The van der Waals surface area contributed by atoms with Crippen LogP contribution in [0.5, 0.6) is 5.75 Å². The molecule has 2 aromatic heterocycles. The lowest BCUT2D eigenvalue weighted by Gasteiger charge is -2.09. The number of hydrogen-bond donors (Lipinski definition) is 1. The van der Waals surface area contributed by atoms with E-state index in [1.807, 2.05) is 24.3 Å². The number of amides is 1. The van der Waals surface area contributed by atoms with Crippen molar-refractivity contribution in [3.05, 3.63) is 84.4 Å². The third kappa shape index (κ3) is 4.02. The standard InChI is InChI=1S/C22H18FN5O2/c1-30-19-8-2-15(3-9-19)14-25-22(29)28-21(17-10-12-24-13-11-17)20(26-27-28)16-4-6-18(23)7-5-16/h2-13H,14H2,1H3,(H,25,29). The summed E-state index contributed by atoms with van der Waals surface area (Å²) >= 11 is 0. The maximum absolute atomic E-state index is 13.3.